The van der Waals surface area contributed by atoms with Crippen molar-refractivity contribution in [3.63, 3.8) is 0 Å². The van der Waals surface area contributed by atoms with Crippen LogP contribution in [0.3, 0.4) is 0 Å². The molecule has 0 spiro atoms. The molecule has 4 nitrogen and oxygen atoms in total. The summed E-state index contributed by atoms with van der Waals surface area (Å²) in [6, 6.07) is 17.6. The highest BCUT2D eigenvalue weighted by molar-refractivity contribution is 7.90. The van der Waals surface area contributed by atoms with Gasteiger partial charge < -0.3 is 0 Å². The smallest absolute Gasteiger partial charge is 0.137 e. The van der Waals surface area contributed by atoms with E-state index in [0.29, 0.717) is 36.1 Å². The van der Waals surface area contributed by atoms with Gasteiger partial charge in [0.15, 0.2) is 0 Å². The van der Waals surface area contributed by atoms with E-state index in [4.69, 9.17) is 4.78 Å². The van der Waals surface area contributed by atoms with E-state index in [1.807, 2.05) is 54.6 Å². The number of rotatable bonds is 7. The molecule has 2 aromatic carbocycles. The molecule has 2 atom stereocenters. The molecule has 2 unspecified atom stereocenters. The van der Waals surface area contributed by atoms with Crippen molar-refractivity contribution in [1.82, 2.24) is 4.31 Å². The van der Waals surface area contributed by atoms with Gasteiger partial charge in [-0.1, -0.05) is 74.6 Å². The number of Topliss-reactive ketones (excluding diaryl/α,β-unsaturated/α-hetero) is 1. The van der Waals surface area contributed by atoms with Gasteiger partial charge in [0.05, 0.1) is 4.90 Å². The summed E-state index contributed by atoms with van der Waals surface area (Å²) in [7, 11) is -3.08. The fraction of sp³-hybridized carbons (Fsp3) is 0.500. The number of carbonyl (C=O) groups is 1. The Labute approximate surface area is 187 Å². The molecule has 1 saturated carbocycles. The maximum Gasteiger partial charge on any atom is 0.137 e. The maximum absolute atomic E-state index is 13.4. The van der Waals surface area contributed by atoms with Gasteiger partial charge in [0, 0.05) is 25.4 Å². The van der Waals surface area contributed by atoms with Gasteiger partial charge in [0.1, 0.15) is 15.7 Å². The van der Waals surface area contributed by atoms with Gasteiger partial charge in [0.2, 0.25) is 0 Å². The molecule has 0 radical (unpaired) electrons. The highest BCUT2D eigenvalue weighted by atomic mass is 32.2. The molecule has 1 saturated heterocycles. The molecule has 31 heavy (non-hydrogen) atoms. The average molecular weight is 439 g/mol. The Morgan fingerprint density at radius 2 is 1.58 bits per heavy atom. The topological polar surface area (TPSA) is 61.2 Å². The van der Waals surface area contributed by atoms with Crippen LogP contribution in [0.25, 0.3) is 11.1 Å². The largest absolute Gasteiger partial charge is 0.299 e. The minimum absolute atomic E-state index is 0.0768. The number of hydrogen-bond donors (Lipinski definition) is 1. The molecule has 2 aromatic rings. The van der Waals surface area contributed by atoms with E-state index in [1.54, 1.807) is 4.31 Å². The summed E-state index contributed by atoms with van der Waals surface area (Å²) in [5.74, 6) is 0.943. The van der Waals surface area contributed by atoms with Crippen LogP contribution < -0.4 is 0 Å². The highest BCUT2D eigenvalue weighted by Gasteiger charge is 2.31. The second kappa shape index (κ2) is 10.1. The fourth-order valence-electron chi connectivity index (χ4n) is 5.08. The molecule has 4 rings (SSSR count). The van der Waals surface area contributed by atoms with Crippen molar-refractivity contribution in [2.24, 2.45) is 11.8 Å². The lowest BCUT2D eigenvalue weighted by Gasteiger charge is -2.33. The summed E-state index contributed by atoms with van der Waals surface area (Å²) in [4.78, 5) is 13.4. The summed E-state index contributed by atoms with van der Waals surface area (Å²) < 4.78 is 23.9. The van der Waals surface area contributed by atoms with Crippen LogP contribution in [0.15, 0.2) is 59.5 Å². The van der Waals surface area contributed by atoms with Gasteiger partial charge in [-0.15, -0.1) is 0 Å². The Hall–Kier alpha value is -1.98. The fourth-order valence-corrected chi connectivity index (χ4v) is 6.66. The van der Waals surface area contributed by atoms with Crippen molar-refractivity contribution in [2.75, 3.05) is 13.1 Å². The molecule has 0 aromatic heterocycles. The maximum atomic E-state index is 13.4. The molecule has 0 bridgehead atoms. The lowest BCUT2D eigenvalue weighted by molar-refractivity contribution is -0.124. The first-order chi connectivity index (χ1) is 15.0. The molecule has 1 heterocycles. The third-order valence-corrected chi connectivity index (χ3v) is 8.98. The van der Waals surface area contributed by atoms with Gasteiger partial charge in [-0.3, -0.25) is 4.79 Å². The number of benzene rings is 2. The van der Waals surface area contributed by atoms with Gasteiger partial charge in [-0.05, 0) is 48.4 Å². The van der Waals surface area contributed by atoms with E-state index in [1.165, 1.54) is 32.1 Å². The van der Waals surface area contributed by atoms with Crippen LogP contribution in [-0.4, -0.2) is 27.4 Å². The Bertz CT molecular complexity index is 964. The molecule has 1 N–H and O–H groups in total. The summed E-state index contributed by atoms with van der Waals surface area (Å²) in [6.07, 6.45) is 9.83. The van der Waals surface area contributed by atoms with Gasteiger partial charge in [-0.2, -0.15) is 0 Å². The Morgan fingerprint density at radius 3 is 2.29 bits per heavy atom. The molecule has 5 heteroatoms. The number of hydrogen-bond acceptors (Lipinski definition) is 3. The molecular formula is C26H34N2O2S. The van der Waals surface area contributed by atoms with Gasteiger partial charge in [-0.25, -0.2) is 13.3 Å². The van der Waals surface area contributed by atoms with Crippen molar-refractivity contribution < 1.29 is 9.00 Å². The van der Waals surface area contributed by atoms with Crippen LogP contribution in [-0.2, 0) is 14.7 Å². The Balaban J connectivity index is 1.39. The quantitative estimate of drug-likeness (QED) is 0.550. The van der Waals surface area contributed by atoms with Crippen LogP contribution in [0.2, 0.25) is 0 Å². The van der Waals surface area contributed by atoms with Crippen LogP contribution >= 0.6 is 0 Å². The minimum atomic E-state index is -3.08. The van der Waals surface area contributed by atoms with Crippen LogP contribution in [0.1, 0.15) is 57.8 Å². The van der Waals surface area contributed by atoms with E-state index >= 15 is 0 Å². The predicted octanol–water partition coefficient (Wildman–Crippen LogP) is 6.32. The normalized spacial score (nSPS) is 22.6. The molecule has 1 aliphatic heterocycles. The van der Waals surface area contributed by atoms with Crippen LogP contribution in [0.5, 0.6) is 0 Å². The zero-order valence-corrected chi connectivity index (χ0v) is 19.1. The standard InChI is InChI=1S/C26H34N2O2S/c27-31(30,25-16-14-23(15-17-25)22-10-5-2-6-11-22)28-19-7-12-24(20-28)26(29)18-13-21-8-3-1-4-9-21/h2,5-6,10-11,14-17,21,24,27H,1,3-4,7-9,12-13,18-20H2. The van der Waals surface area contributed by atoms with E-state index < -0.39 is 9.92 Å². The lowest BCUT2D eigenvalue weighted by atomic mass is 9.83. The first-order valence-electron chi connectivity index (χ1n) is 11.8. The molecule has 0 amide bonds. The molecule has 2 aliphatic rings. The SMILES string of the molecule is N=S(=O)(c1ccc(-c2ccccc2)cc1)N1CCCC(C(=O)CCC2CCCCC2)C1. The van der Waals surface area contributed by atoms with Crippen molar-refractivity contribution in [3.8, 4) is 11.1 Å². The average Bonchev–Trinajstić information content (AvgIpc) is 2.84. The third-order valence-electron chi connectivity index (χ3n) is 7.01. The first kappa shape index (κ1) is 22.2. The Morgan fingerprint density at radius 1 is 0.903 bits per heavy atom. The van der Waals surface area contributed by atoms with E-state index in [0.717, 1.165) is 30.4 Å². The van der Waals surface area contributed by atoms with Crippen molar-refractivity contribution in [3.05, 3.63) is 54.6 Å². The first-order valence-corrected chi connectivity index (χ1v) is 13.3. The van der Waals surface area contributed by atoms with Gasteiger partial charge in [0.25, 0.3) is 0 Å². The number of piperidine rings is 1. The van der Waals surface area contributed by atoms with E-state index in [9.17, 15) is 9.00 Å². The van der Waals surface area contributed by atoms with Crippen molar-refractivity contribution >= 4 is 15.7 Å². The lowest BCUT2D eigenvalue weighted by Crippen LogP contribution is -2.41. The molecule has 2 fully saturated rings. The zero-order valence-electron chi connectivity index (χ0n) is 18.3. The predicted molar refractivity (Wildman–Crippen MR) is 126 cm³/mol. The number of nitrogens with zero attached hydrogens (tertiary/aromatic N) is 1. The highest BCUT2D eigenvalue weighted by Crippen LogP contribution is 2.30. The van der Waals surface area contributed by atoms with E-state index in [2.05, 4.69) is 0 Å². The zero-order chi connectivity index (χ0) is 21.7. The Kier molecular flexibility index (Phi) is 7.24. The molecular weight excluding hydrogens is 404 g/mol. The van der Waals surface area contributed by atoms with Crippen molar-refractivity contribution in [2.45, 2.75) is 62.7 Å². The summed E-state index contributed by atoms with van der Waals surface area (Å²) in [5, 5.41) is 0. The van der Waals surface area contributed by atoms with Crippen molar-refractivity contribution in [1.29, 1.82) is 4.78 Å². The van der Waals surface area contributed by atoms with Gasteiger partial charge >= 0.3 is 0 Å². The van der Waals surface area contributed by atoms with Crippen LogP contribution in [0.4, 0.5) is 0 Å². The molecule has 166 valence electrons. The van der Waals surface area contributed by atoms with Crippen LogP contribution in [0, 0.1) is 16.6 Å². The summed E-state index contributed by atoms with van der Waals surface area (Å²) in [5.41, 5.74) is 2.15. The molecule has 1 aliphatic carbocycles. The number of nitrogens with one attached hydrogen (secondary N) is 1. The second-order valence-electron chi connectivity index (χ2n) is 9.15. The number of carbonyl (C=O) groups excluding carboxylic acids is 1. The summed E-state index contributed by atoms with van der Waals surface area (Å²) >= 11 is 0. The minimum Gasteiger partial charge on any atom is -0.299 e. The third kappa shape index (κ3) is 5.45. The number of ketones is 1. The summed E-state index contributed by atoms with van der Waals surface area (Å²) in [6.45, 7) is 1.07. The monoisotopic (exact) mass is 438 g/mol. The van der Waals surface area contributed by atoms with E-state index in [-0.39, 0.29) is 5.92 Å². The second-order valence-corrected chi connectivity index (χ2v) is 11.2.